The van der Waals surface area contributed by atoms with Crippen LogP contribution in [0.2, 0.25) is 0 Å². The van der Waals surface area contributed by atoms with Gasteiger partial charge in [0.2, 0.25) is 12.4 Å². The van der Waals surface area contributed by atoms with E-state index in [1.54, 1.807) is 0 Å². The molecule has 12 heteroatoms. The SMILES string of the molecule is CC(=O)OCC1OC(Oc2cc3c(c4ccccc24)[C@H](CCl)CN3C)C(OC(C)=O)C(OC(C)=O)C1OC(C)=O. The van der Waals surface area contributed by atoms with Crippen molar-refractivity contribution in [3.63, 3.8) is 0 Å². The number of fused-ring (bicyclic) bond motifs is 3. The molecule has 40 heavy (non-hydrogen) atoms. The Morgan fingerprint density at radius 1 is 0.900 bits per heavy atom. The van der Waals surface area contributed by atoms with Crippen LogP contribution >= 0.6 is 11.6 Å². The summed E-state index contributed by atoms with van der Waals surface area (Å²) in [6, 6.07) is 9.51. The van der Waals surface area contributed by atoms with Gasteiger partial charge in [0.05, 0.1) is 0 Å². The molecule has 2 aromatic carbocycles. The maximum atomic E-state index is 12.2. The van der Waals surface area contributed by atoms with Crippen molar-refractivity contribution in [2.24, 2.45) is 0 Å². The highest BCUT2D eigenvalue weighted by molar-refractivity contribution is 6.18. The second-order valence-electron chi connectivity index (χ2n) is 9.77. The molecule has 216 valence electrons. The summed E-state index contributed by atoms with van der Waals surface area (Å²) in [7, 11) is 1.96. The first-order valence-electron chi connectivity index (χ1n) is 12.8. The number of likely N-dealkylation sites (N-methyl/N-ethyl adjacent to an activating group) is 1. The van der Waals surface area contributed by atoms with Gasteiger partial charge in [-0.15, -0.1) is 11.6 Å². The van der Waals surface area contributed by atoms with E-state index < -0.39 is 54.6 Å². The van der Waals surface area contributed by atoms with E-state index in [0.717, 1.165) is 28.6 Å². The fraction of sp³-hybridized carbons (Fsp3) is 0.500. The van der Waals surface area contributed by atoms with Crippen molar-refractivity contribution in [2.45, 2.75) is 64.3 Å². The number of ether oxygens (including phenoxy) is 6. The monoisotopic (exact) mass is 577 g/mol. The van der Waals surface area contributed by atoms with Gasteiger partial charge in [0.15, 0.2) is 12.2 Å². The molecule has 11 nitrogen and oxygen atoms in total. The first-order chi connectivity index (χ1) is 19.0. The van der Waals surface area contributed by atoms with Crippen molar-refractivity contribution in [1.82, 2.24) is 0 Å². The van der Waals surface area contributed by atoms with Gasteiger partial charge >= 0.3 is 23.9 Å². The number of alkyl halides is 1. The molecule has 2 aliphatic rings. The largest absolute Gasteiger partial charge is 0.463 e. The van der Waals surface area contributed by atoms with Crippen molar-refractivity contribution in [3.8, 4) is 5.75 Å². The van der Waals surface area contributed by atoms with Crippen molar-refractivity contribution >= 4 is 51.9 Å². The molecule has 1 fully saturated rings. The lowest BCUT2D eigenvalue weighted by molar-refractivity contribution is -0.288. The van der Waals surface area contributed by atoms with Gasteiger partial charge in [-0.2, -0.15) is 0 Å². The standard InChI is InChI=1S/C28H32ClNO10/c1-14(31)35-13-23-25(36-15(2)32)26(37-16(3)33)27(38-17(4)34)28(40-23)39-22-10-21-24(18(11-29)12-30(21)5)20-9-7-6-8-19(20)22/h6-10,18,23,25-28H,11-13H2,1-5H3/t18-,23?,25?,26?,27?,28?/m1/s1. The van der Waals surface area contributed by atoms with E-state index in [-0.39, 0.29) is 12.5 Å². The molecule has 5 unspecified atom stereocenters. The summed E-state index contributed by atoms with van der Waals surface area (Å²) in [6.07, 6.45) is -6.37. The molecular formula is C28H32ClNO10. The number of anilines is 1. The molecule has 2 heterocycles. The average Bonchev–Trinajstić information content (AvgIpc) is 3.21. The molecule has 0 aliphatic carbocycles. The minimum Gasteiger partial charge on any atom is -0.463 e. The summed E-state index contributed by atoms with van der Waals surface area (Å²) in [5, 5.41) is 1.70. The Labute approximate surface area is 236 Å². The zero-order chi connectivity index (χ0) is 29.1. The fourth-order valence-electron chi connectivity index (χ4n) is 5.25. The first-order valence-corrected chi connectivity index (χ1v) is 13.3. The summed E-state index contributed by atoms with van der Waals surface area (Å²) in [4.78, 5) is 50.0. The van der Waals surface area contributed by atoms with E-state index in [9.17, 15) is 19.2 Å². The summed E-state index contributed by atoms with van der Waals surface area (Å²) in [5.41, 5.74) is 2.02. The lowest BCUT2D eigenvalue weighted by Gasteiger charge is -2.44. The van der Waals surface area contributed by atoms with Crippen LogP contribution in [0.25, 0.3) is 10.8 Å². The molecule has 0 saturated carbocycles. The molecule has 0 radical (unpaired) electrons. The van der Waals surface area contributed by atoms with E-state index in [0.29, 0.717) is 11.6 Å². The van der Waals surface area contributed by atoms with Crippen molar-refractivity contribution in [1.29, 1.82) is 0 Å². The summed E-state index contributed by atoms with van der Waals surface area (Å²) < 4.78 is 34.2. The number of benzene rings is 2. The summed E-state index contributed by atoms with van der Waals surface area (Å²) in [6.45, 7) is 5.11. The Bertz CT molecular complexity index is 1300. The zero-order valence-corrected chi connectivity index (χ0v) is 23.6. The minimum atomic E-state index is -1.34. The Hall–Kier alpha value is -3.57. The zero-order valence-electron chi connectivity index (χ0n) is 22.9. The molecule has 2 aliphatic heterocycles. The second kappa shape index (κ2) is 12.3. The molecule has 0 aromatic heterocycles. The van der Waals surface area contributed by atoms with Crippen molar-refractivity contribution in [2.75, 3.05) is 31.0 Å². The van der Waals surface area contributed by atoms with E-state index in [1.165, 1.54) is 27.7 Å². The van der Waals surface area contributed by atoms with Gasteiger partial charge in [0.25, 0.3) is 0 Å². The van der Waals surface area contributed by atoms with Crippen molar-refractivity contribution in [3.05, 3.63) is 35.9 Å². The number of hydrogen-bond acceptors (Lipinski definition) is 11. The molecular weight excluding hydrogens is 546 g/mol. The second-order valence-corrected chi connectivity index (χ2v) is 10.1. The molecule has 0 amide bonds. The predicted octanol–water partition coefficient (Wildman–Crippen LogP) is 3.07. The Kier molecular flexibility index (Phi) is 9.05. The highest BCUT2D eigenvalue weighted by Gasteiger charge is 2.53. The highest BCUT2D eigenvalue weighted by Crippen LogP contribution is 2.45. The number of esters is 4. The van der Waals surface area contributed by atoms with Crippen LogP contribution in [0.3, 0.4) is 0 Å². The van der Waals surface area contributed by atoms with Gasteiger partial charge in [-0.05, 0) is 10.9 Å². The number of hydrogen-bond donors (Lipinski definition) is 0. The molecule has 6 atom stereocenters. The van der Waals surface area contributed by atoms with Crippen molar-refractivity contribution < 1.29 is 47.6 Å². The molecule has 0 N–H and O–H groups in total. The van der Waals surface area contributed by atoms with Crippen LogP contribution in [0.15, 0.2) is 30.3 Å². The molecule has 0 bridgehead atoms. The quantitative estimate of drug-likeness (QED) is 0.261. The van der Waals surface area contributed by atoms with Gasteiger partial charge in [0, 0.05) is 70.2 Å². The third-order valence-corrected chi connectivity index (χ3v) is 7.09. The average molecular weight is 578 g/mol. The Morgan fingerprint density at radius 3 is 2.10 bits per heavy atom. The topological polar surface area (TPSA) is 127 Å². The molecule has 4 rings (SSSR count). The number of halogens is 1. The third-order valence-electron chi connectivity index (χ3n) is 6.72. The first kappa shape index (κ1) is 29.4. The maximum Gasteiger partial charge on any atom is 0.303 e. The normalized spacial score (nSPS) is 25.6. The Balaban J connectivity index is 1.80. The van der Waals surface area contributed by atoms with Gasteiger partial charge in [-0.25, -0.2) is 0 Å². The number of rotatable bonds is 8. The number of nitrogens with zero attached hydrogens (tertiary/aromatic N) is 1. The minimum absolute atomic E-state index is 0.117. The summed E-state index contributed by atoms with van der Waals surface area (Å²) >= 11 is 6.30. The lowest BCUT2D eigenvalue weighted by Crippen LogP contribution is -2.63. The number of carbonyl (C=O) groups is 4. The third kappa shape index (κ3) is 6.26. The maximum absolute atomic E-state index is 12.2. The highest BCUT2D eigenvalue weighted by atomic mass is 35.5. The molecule has 2 aromatic rings. The number of carbonyl (C=O) groups excluding carboxylic acids is 4. The lowest BCUT2D eigenvalue weighted by atomic mass is 9.95. The fourth-order valence-corrected chi connectivity index (χ4v) is 5.50. The van der Waals surface area contributed by atoms with Gasteiger partial charge in [-0.1, -0.05) is 24.3 Å². The van der Waals surface area contributed by atoms with Crippen LogP contribution in [0, 0.1) is 0 Å². The van der Waals surface area contributed by atoms with Crippen LogP contribution in [-0.2, 0) is 42.9 Å². The van der Waals surface area contributed by atoms with E-state index in [1.807, 2.05) is 37.4 Å². The van der Waals surface area contributed by atoms with Gasteiger partial charge in [0.1, 0.15) is 18.5 Å². The van der Waals surface area contributed by atoms with Crippen LogP contribution in [0.4, 0.5) is 5.69 Å². The van der Waals surface area contributed by atoms with Crippen LogP contribution in [-0.4, -0.2) is 80.7 Å². The van der Waals surface area contributed by atoms with Gasteiger partial charge < -0.3 is 33.3 Å². The summed E-state index contributed by atoms with van der Waals surface area (Å²) in [5.74, 6) is -1.76. The van der Waals surface area contributed by atoms with E-state index >= 15 is 0 Å². The Morgan fingerprint density at radius 2 is 1.50 bits per heavy atom. The molecule has 0 spiro atoms. The smallest absolute Gasteiger partial charge is 0.303 e. The van der Waals surface area contributed by atoms with E-state index in [2.05, 4.69) is 4.90 Å². The molecule has 1 saturated heterocycles. The van der Waals surface area contributed by atoms with Crippen LogP contribution in [0.1, 0.15) is 39.2 Å². The van der Waals surface area contributed by atoms with E-state index in [4.69, 9.17) is 40.0 Å². The predicted molar refractivity (Wildman–Crippen MR) is 143 cm³/mol. The van der Waals surface area contributed by atoms with Crippen LogP contribution in [0.5, 0.6) is 5.75 Å². The van der Waals surface area contributed by atoms with Gasteiger partial charge in [-0.3, -0.25) is 19.2 Å². The van der Waals surface area contributed by atoms with Crippen LogP contribution < -0.4 is 9.64 Å².